The van der Waals surface area contributed by atoms with Crippen LogP contribution in [0.2, 0.25) is 0 Å². The van der Waals surface area contributed by atoms with Gasteiger partial charge < -0.3 is 24.2 Å². The second kappa shape index (κ2) is 25.9. The van der Waals surface area contributed by atoms with Crippen LogP contribution in [0.1, 0.15) is 115 Å². The monoisotopic (exact) mass is 624 g/mol. The molecule has 0 saturated carbocycles. The van der Waals surface area contributed by atoms with E-state index in [1.807, 2.05) is 60.7 Å². The second-order valence-electron chi connectivity index (χ2n) is 9.77. The standard InChI is InChI=1S/C18H39O4P.C13H11NS.Cu/c1-2-3-4-5-6-7-8-9-10-11-12-13-14-15-16-17-18-22-23(19,20)21;15-13(11-7-3-1-4-8-11)14-12-9-5-2-6-10-12;/h2-18H2,1H3,(H2,19,20,21);1-10H,(H,14,15);/q;;+2/p-2. The Kier molecular flexibility index (Phi) is 25.2. The zero-order chi connectivity index (χ0) is 27.7. The Bertz CT molecular complexity index is 867. The molecule has 1 radical (unpaired) electrons. The summed E-state index contributed by atoms with van der Waals surface area (Å²) in [5, 5.41) is 3.19. The van der Waals surface area contributed by atoms with Crippen LogP contribution in [0.25, 0.3) is 0 Å². The first-order chi connectivity index (χ1) is 18.4. The number of phosphoric acid groups is 1. The Morgan fingerprint density at radius 2 is 1.08 bits per heavy atom. The van der Waals surface area contributed by atoms with Crippen LogP contribution in [0.3, 0.4) is 0 Å². The van der Waals surface area contributed by atoms with Crippen LogP contribution in [-0.4, -0.2) is 11.6 Å². The van der Waals surface area contributed by atoms with Crippen molar-refractivity contribution in [2.75, 3.05) is 11.9 Å². The Morgan fingerprint density at radius 3 is 1.49 bits per heavy atom. The second-order valence-corrected chi connectivity index (χ2v) is 11.3. The fraction of sp³-hybridized carbons (Fsp3) is 0.581. The van der Waals surface area contributed by atoms with Crippen LogP contribution in [0.15, 0.2) is 60.7 Å². The van der Waals surface area contributed by atoms with Gasteiger partial charge in [-0.05, 0) is 18.6 Å². The number of rotatable bonds is 20. The Balaban J connectivity index is 0.000000776. The topological polar surface area (TPSA) is 84.5 Å². The predicted octanol–water partition coefficient (Wildman–Crippen LogP) is 8.56. The van der Waals surface area contributed by atoms with Gasteiger partial charge in [0.2, 0.25) is 0 Å². The number of benzene rings is 2. The summed E-state index contributed by atoms with van der Waals surface area (Å²) in [7, 11) is -4.76. The van der Waals surface area contributed by atoms with Gasteiger partial charge >= 0.3 is 17.1 Å². The molecule has 5 nitrogen and oxygen atoms in total. The van der Waals surface area contributed by atoms with E-state index in [1.54, 1.807) is 0 Å². The molecule has 0 spiro atoms. The number of phosphoric ester groups is 1. The molecule has 0 aliphatic rings. The Labute approximate surface area is 253 Å². The van der Waals surface area contributed by atoms with E-state index in [1.165, 1.54) is 83.5 Å². The molecule has 0 heterocycles. The average molecular weight is 625 g/mol. The van der Waals surface area contributed by atoms with Crippen LogP contribution in [0.4, 0.5) is 5.69 Å². The summed E-state index contributed by atoms with van der Waals surface area (Å²) in [5.41, 5.74) is 2.06. The maximum Gasteiger partial charge on any atom is 2.00 e. The van der Waals surface area contributed by atoms with E-state index in [9.17, 15) is 14.4 Å². The summed E-state index contributed by atoms with van der Waals surface area (Å²) in [6, 6.07) is 19.9. The zero-order valence-electron chi connectivity index (χ0n) is 23.6. The van der Waals surface area contributed by atoms with E-state index >= 15 is 0 Å². The van der Waals surface area contributed by atoms with E-state index in [4.69, 9.17) is 12.2 Å². The minimum absolute atomic E-state index is 0. The van der Waals surface area contributed by atoms with Crippen LogP contribution in [0.5, 0.6) is 0 Å². The molecule has 0 saturated heterocycles. The van der Waals surface area contributed by atoms with Crippen LogP contribution < -0.4 is 15.1 Å². The number of nitrogens with one attached hydrogen (secondary N) is 1. The third-order valence-electron chi connectivity index (χ3n) is 6.31. The van der Waals surface area contributed by atoms with Gasteiger partial charge in [0.1, 0.15) is 4.99 Å². The minimum Gasteiger partial charge on any atom is -0.790 e. The maximum atomic E-state index is 10.2. The molecular weight excluding hydrogens is 577 g/mol. The number of unbranched alkanes of at least 4 members (excludes halogenated alkanes) is 15. The van der Waals surface area contributed by atoms with Gasteiger partial charge in [-0.25, -0.2) is 0 Å². The summed E-state index contributed by atoms with van der Waals surface area (Å²) < 4.78 is 14.4. The molecular formula is C31H48CuNO4PS. The van der Waals surface area contributed by atoms with Crippen molar-refractivity contribution in [3.63, 3.8) is 0 Å². The van der Waals surface area contributed by atoms with E-state index in [0.717, 1.165) is 29.1 Å². The third kappa shape index (κ3) is 24.5. The molecule has 223 valence electrons. The van der Waals surface area contributed by atoms with Crippen molar-refractivity contribution < 1.29 is 35.9 Å². The van der Waals surface area contributed by atoms with Gasteiger partial charge in [0, 0.05) is 11.3 Å². The summed E-state index contributed by atoms with van der Waals surface area (Å²) in [5.74, 6) is 0. The molecule has 0 unspecified atom stereocenters. The summed E-state index contributed by atoms with van der Waals surface area (Å²) >= 11 is 5.29. The summed E-state index contributed by atoms with van der Waals surface area (Å²) in [4.78, 5) is 21.2. The molecule has 2 rings (SSSR count). The summed E-state index contributed by atoms with van der Waals surface area (Å²) in [6.45, 7) is 2.30. The number of hydrogen-bond acceptors (Lipinski definition) is 5. The van der Waals surface area contributed by atoms with Crippen LogP contribution in [-0.2, 0) is 26.2 Å². The predicted molar refractivity (Wildman–Crippen MR) is 161 cm³/mol. The quantitative estimate of drug-likeness (QED) is 0.0687. The fourth-order valence-corrected chi connectivity index (χ4v) is 4.75. The molecule has 0 aliphatic heterocycles. The molecule has 2 aromatic carbocycles. The Morgan fingerprint density at radius 1 is 0.692 bits per heavy atom. The molecule has 0 aliphatic carbocycles. The Hall–Kier alpha value is -1.04. The first-order valence-corrected chi connectivity index (χ1v) is 16.4. The number of anilines is 1. The van der Waals surface area contributed by atoms with Gasteiger partial charge in [0.25, 0.3) is 0 Å². The van der Waals surface area contributed by atoms with E-state index in [-0.39, 0.29) is 23.7 Å². The van der Waals surface area contributed by atoms with Crippen molar-refractivity contribution in [2.24, 2.45) is 0 Å². The van der Waals surface area contributed by atoms with E-state index < -0.39 is 7.82 Å². The molecule has 1 N–H and O–H groups in total. The molecule has 0 amide bonds. The van der Waals surface area contributed by atoms with Crippen molar-refractivity contribution in [1.82, 2.24) is 0 Å². The number of thiocarbonyl (C=S) groups is 1. The first kappa shape index (κ1) is 38.0. The van der Waals surface area contributed by atoms with Crippen molar-refractivity contribution in [2.45, 2.75) is 110 Å². The van der Waals surface area contributed by atoms with Gasteiger partial charge in [0.15, 0.2) is 0 Å². The molecule has 0 atom stereocenters. The molecule has 39 heavy (non-hydrogen) atoms. The molecule has 8 heteroatoms. The maximum absolute atomic E-state index is 10.2. The van der Waals surface area contributed by atoms with Gasteiger partial charge in [-0.15, -0.1) is 0 Å². The van der Waals surface area contributed by atoms with Gasteiger partial charge in [-0.1, -0.05) is 164 Å². The van der Waals surface area contributed by atoms with E-state index in [0.29, 0.717) is 6.42 Å². The number of hydrogen-bond donors (Lipinski definition) is 1. The van der Waals surface area contributed by atoms with Crippen molar-refractivity contribution in [1.29, 1.82) is 0 Å². The van der Waals surface area contributed by atoms with Gasteiger partial charge in [-0.3, -0.25) is 0 Å². The van der Waals surface area contributed by atoms with Gasteiger partial charge in [-0.2, -0.15) is 0 Å². The normalized spacial score (nSPS) is 10.7. The van der Waals surface area contributed by atoms with Crippen molar-refractivity contribution >= 4 is 30.7 Å². The third-order valence-corrected chi connectivity index (χ3v) is 7.15. The molecule has 0 fully saturated rings. The van der Waals surface area contributed by atoms with Crippen LogP contribution >= 0.6 is 20.0 Å². The van der Waals surface area contributed by atoms with Gasteiger partial charge in [0.05, 0.1) is 14.4 Å². The minimum atomic E-state index is -4.76. The number of para-hydroxylation sites is 1. The molecule has 0 bridgehead atoms. The summed E-state index contributed by atoms with van der Waals surface area (Å²) in [6.07, 6.45) is 20.3. The first-order valence-electron chi connectivity index (χ1n) is 14.5. The largest absolute Gasteiger partial charge is 2.00 e. The smallest absolute Gasteiger partial charge is 0.790 e. The molecule has 0 aromatic heterocycles. The van der Waals surface area contributed by atoms with E-state index in [2.05, 4.69) is 16.8 Å². The average Bonchev–Trinajstić information content (AvgIpc) is 2.91. The van der Waals surface area contributed by atoms with Crippen molar-refractivity contribution in [3.05, 3.63) is 66.2 Å². The molecule has 2 aromatic rings. The fourth-order valence-electron chi connectivity index (χ4n) is 4.14. The van der Waals surface area contributed by atoms with Crippen molar-refractivity contribution in [3.8, 4) is 0 Å². The SMILES string of the molecule is CCCCCCCCCCCCCCCCCCOP(=O)([O-])[O-].S=C(Nc1ccccc1)c1ccccc1.[Cu+2]. The zero-order valence-corrected chi connectivity index (χ0v) is 26.2. The van der Waals surface area contributed by atoms with Crippen LogP contribution in [0, 0.1) is 0 Å².